The second-order valence-electron chi connectivity index (χ2n) is 7.33. The lowest BCUT2D eigenvalue weighted by Gasteiger charge is -2.11. The molecule has 0 saturated heterocycles. The summed E-state index contributed by atoms with van der Waals surface area (Å²) in [5, 5.41) is 8.25. The third kappa shape index (κ3) is 5.99. The monoisotopic (exact) mass is 471 g/mol. The van der Waals surface area contributed by atoms with Gasteiger partial charge in [0.25, 0.3) is 5.91 Å². The highest BCUT2D eigenvalue weighted by Gasteiger charge is 2.13. The second kappa shape index (κ2) is 10.5. The van der Waals surface area contributed by atoms with Crippen molar-refractivity contribution in [3.8, 4) is 0 Å². The number of anilines is 1. The Bertz CT molecular complexity index is 1150. The summed E-state index contributed by atoms with van der Waals surface area (Å²) in [5.74, 6) is -1.06. The molecule has 0 radical (unpaired) electrons. The number of amides is 1. The Kier molecular flexibility index (Phi) is 7.72. The number of nitrogens with zero attached hydrogens (tertiary/aromatic N) is 2. The highest BCUT2D eigenvalue weighted by molar-refractivity contribution is 6.31. The van der Waals surface area contributed by atoms with Crippen LogP contribution in [0.5, 0.6) is 0 Å². The Morgan fingerprint density at radius 2 is 1.72 bits per heavy atom. The number of rotatable bonds is 7. The third-order valence-corrected chi connectivity index (χ3v) is 5.48. The normalized spacial score (nSPS) is 11.0. The van der Waals surface area contributed by atoms with E-state index < -0.39 is 11.9 Å². The topological polar surface area (TPSA) is 73.2 Å². The number of nitrogens with one attached hydrogen (secondary N) is 1. The lowest BCUT2D eigenvalue weighted by molar-refractivity contribution is -0.142. The Morgan fingerprint density at radius 1 is 1.06 bits per heavy atom. The molecule has 3 aromatic rings. The highest BCUT2D eigenvalue weighted by Crippen LogP contribution is 2.23. The summed E-state index contributed by atoms with van der Waals surface area (Å²) in [6.45, 7) is 5.67. The van der Waals surface area contributed by atoms with Crippen LogP contribution in [0.15, 0.2) is 48.5 Å². The van der Waals surface area contributed by atoms with Crippen LogP contribution >= 0.6 is 23.2 Å². The van der Waals surface area contributed by atoms with E-state index in [0.29, 0.717) is 28.0 Å². The summed E-state index contributed by atoms with van der Waals surface area (Å²) in [5.41, 5.74) is 4.86. The van der Waals surface area contributed by atoms with Gasteiger partial charge in [0.2, 0.25) is 0 Å². The van der Waals surface area contributed by atoms with E-state index in [1.54, 1.807) is 23.7 Å². The van der Waals surface area contributed by atoms with Crippen LogP contribution in [0.25, 0.3) is 6.08 Å². The molecule has 0 unspecified atom stereocenters. The molecule has 3 rings (SSSR count). The fraction of sp³-hybridized carbons (Fsp3) is 0.208. The van der Waals surface area contributed by atoms with Crippen LogP contribution in [0.1, 0.15) is 27.9 Å². The standard InChI is InChI=1S/C24H23Cl2N3O3/c1-15-5-4-6-16(2)23(15)27-21(30)14-32-22(31)12-11-20-17(3)28-29(24(20)26)13-18-7-9-19(25)10-8-18/h4-12H,13-14H2,1-3H3,(H,27,30)/b12-11+. The Balaban J connectivity index is 1.58. The molecule has 166 valence electrons. The lowest BCUT2D eigenvalue weighted by Crippen LogP contribution is -2.21. The zero-order valence-electron chi connectivity index (χ0n) is 18.0. The molecule has 6 nitrogen and oxygen atoms in total. The number of carbonyl (C=O) groups is 2. The average Bonchev–Trinajstić information content (AvgIpc) is 3.02. The van der Waals surface area contributed by atoms with Crippen molar-refractivity contribution in [3.63, 3.8) is 0 Å². The van der Waals surface area contributed by atoms with Crippen molar-refractivity contribution >= 4 is 46.8 Å². The quantitative estimate of drug-likeness (QED) is 0.371. The first kappa shape index (κ1) is 23.6. The first-order chi connectivity index (χ1) is 15.2. The summed E-state index contributed by atoms with van der Waals surface area (Å²) in [6.07, 6.45) is 2.77. The van der Waals surface area contributed by atoms with Crippen LogP contribution in [0.3, 0.4) is 0 Å². The van der Waals surface area contributed by atoms with Crippen molar-refractivity contribution in [2.75, 3.05) is 11.9 Å². The second-order valence-corrected chi connectivity index (χ2v) is 8.12. The van der Waals surface area contributed by atoms with Gasteiger partial charge in [-0.1, -0.05) is 53.5 Å². The van der Waals surface area contributed by atoms with E-state index in [4.69, 9.17) is 27.9 Å². The molecule has 1 amide bonds. The first-order valence-electron chi connectivity index (χ1n) is 9.93. The molecule has 1 aromatic heterocycles. The minimum Gasteiger partial charge on any atom is -0.452 e. The first-order valence-corrected chi connectivity index (χ1v) is 10.7. The van der Waals surface area contributed by atoms with Gasteiger partial charge < -0.3 is 10.1 Å². The summed E-state index contributed by atoms with van der Waals surface area (Å²) >= 11 is 12.4. The van der Waals surface area contributed by atoms with Crippen molar-refractivity contribution in [1.29, 1.82) is 0 Å². The smallest absolute Gasteiger partial charge is 0.331 e. The number of carbonyl (C=O) groups excluding carboxylic acids is 2. The summed E-state index contributed by atoms with van der Waals surface area (Å²) in [4.78, 5) is 24.2. The van der Waals surface area contributed by atoms with Gasteiger partial charge in [-0.25, -0.2) is 9.48 Å². The van der Waals surface area contributed by atoms with Gasteiger partial charge in [0.05, 0.1) is 12.2 Å². The number of esters is 1. The third-order valence-electron chi connectivity index (χ3n) is 4.83. The maximum absolute atomic E-state index is 12.1. The van der Waals surface area contributed by atoms with E-state index in [1.165, 1.54) is 12.2 Å². The largest absolute Gasteiger partial charge is 0.452 e. The van der Waals surface area contributed by atoms with E-state index >= 15 is 0 Å². The van der Waals surface area contributed by atoms with Crippen molar-refractivity contribution in [3.05, 3.63) is 86.7 Å². The van der Waals surface area contributed by atoms with Crippen LogP contribution < -0.4 is 5.32 Å². The lowest BCUT2D eigenvalue weighted by atomic mass is 10.1. The molecule has 2 aromatic carbocycles. The molecule has 0 aliphatic heterocycles. The van der Waals surface area contributed by atoms with Crippen LogP contribution in [0, 0.1) is 20.8 Å². The predicted molar refractivity (Wildman–Crippen MR) is 127 cm³/mol. The number of hydrogen-bond acceptors (Lipinski definition) is 4. The predicted octanol–water partition coefficient (Wildman–Crippen LogP) is 5.36. The molecule has 0 bridgehead atoms. The van der Waals surface area contributed by atoms with Crippen LogP contribution in [-0.4, -0.2) is 28.3 Å². The Morgan fingerprint density at radius 3 is 2.38 bits per heavy atom. The molecular formula is C24H23Cl2N3O3. The minimum absolute atomic E-state index is 0.389. The average molecular weight is 472 g/mol. The summed E-state index contributed by atoms with van der Waals surface area (Å²) in [7, 11) is 0. The Labute approximate surface area is 196 Å². The fourth-order valence-corrected chi connectivity index (χ4v) is 3.57. The van der Waals surface area contributed by atoms with E-state index in [-0.39, 0.29) is 6.61 Å². The van der Waals surface area contributed by atoms with Crippen molar-refractivity contribution in [2.24, 2.45) is 0 Å². The van der Waals surface area contributed by atoms with Crippen molar-refractivity contribution in [1.82, 2.24) is 9.78 Å². The van der Waals surface area contributed by atoms with Crippen LogP contribution in [0.4, 0.5) is 5.69 Å². The molecule has 1 N–H and O–H groups in total. The molecule has 8 heteroatoms. The number of halogens is 2. The molecule has 0 aliphatic carbocycles. The minimum atomic E-state index is -0.650. The van der Waals surface area contributed by atoms with E-state index in [9.17, 15) is 9.59 Å². The molecule has 32 heavy (non-hydrogen) atoms. The number of benzene rings is 2. The number of para-hydroxylation sites is 1. The number of aromatic nitrogens is 2. The Hall–Kier alpha value is -3.09. The van der Waals surface area contributed by atoms with Crippen molar-refractivity contribution < 1.29 is 14.3 Å². The van der Waals surface area contributed by atoms with Gasteiger partial charge in [-0.2, -0.15) is 5.10 Å². The SMILES string of the molecule is Cc1cccc(C)c1NC(=O)COC(=O)/C=C/c1c(C)nn(Cc2ccc(Cl)cc2)c1Cl. The molecule has 0 spiro atoms. The molecular weight excluding hydrogens is 449 g/mol. The van der Waals surface area contributed by atoms with E-state index in [2.05, 4.69) is 10.4 Å². The highest BCUT2D eigenvalue weighted by atomic mass is 35.5. The summed E-state index contributed by atoms with van der Waals surface area (Å²) < 4.78 is 6.69. The van der Waals surface area contributed by atoms with Gasteiger partial charge in [-0.15, -0.1) is 0 Å². The van der Waals surface area contributed by atoms with E-state index in [0.717, 1.165) is 22.4 Å². The van der Waals surface area contributed by atoms with Crippen molar-refractivity contribution in [2.45, 2.75) is 27.3 Å². The van der Waals surface area contributed by atoms with Gasteiger partial charge >= 0.3 is 5.97 Å². The van der Waals surface area contributed by atoms with Gasteiger partial charge in [-0.3, -0.25) is 4.79 Å². The maximum Gasteiger partial charge on any atom is 0.331 e. The summed E-state index contributed by atoms with van der Waals surface area (Å²) in [6, 6.07) is 13.1. The fourth-order valence-electron chi connectivity index (χ4n) is 3.15. The molecule has 1 heterocycles. The maximum atomic E-state index is 12.1. The van der Waals surface area contributed by atoms with Gasteiger partial charge in [0, 0.05) is 22.3 Å². The zero-order valence-corrected chi connectivity index (χ0v) is 19.5. The molecule has 0 atom stereocenters. The van der Waals surface area contributed by atoms with Gasteiger partial charge in [0.15, 0.2) is 6.61 Å². The van der Waals surface area contributed by atoms with Crippen LogP contribution in [0.2, 0.25) is 10.2 Å². The van der Waals surface area contributed by atoms with E-state index in [1.807, 2.05) is 44.2 Å². The molecule has 0 saturated carbocycles. The van der Waals surface area contributed by atoms with Crippen LogP contribution in [-0.2, 0) is 20.9 Å². The number of aryl methyl sites for hydroxylation is 3. The number of ether oxygens (including phenoxy) is 1. The molecule has 0 aliphatic rings. The zero-order chi connectivity index (χ0) is 23.3. The number of hydrogen-bond donors (Lipinski definition) is 1. The van der Waals surface area contributed by atoms with Gasteiger partial charge in [0.1, 0.15) is 5.15 Å². The molecule has 0 fully saturated rings. The van der Waals surface area contributed by atoms with Gasteiger partial charge in [-0.05, 0) is 55.7 Å².